The Morgan fingerprint density at radius 2 is 1.84 bits per heavy atom. The van der Waals surface area contributed by atoms with Crippen LogP contribution in [0.4, 0.5) is 0 Å². The quantitative estimate of drug-likeness (QED) is 0.830. The van der Waals surface area contributed by atoms with E-state index in [-0.39, 0.29) is 5.91 Å². The van der Waals surface area contributed by atoms with E-state index in [1.165, 1.54) is 17.5 Å². The monoisotopic (exact) mass is 355 g/mol. The molecule has 4 nitrogen and oxygen atoms in total. The van der Waals surface area contributed by atoms with E-state index in [0.29, 0.717) is 16.6 Å². The van der Waals surface area contributed by atoms with Gasteiger partial charge in [0.2, 0.25) is 0 Å². The average molecular weight is 356 g/mol. The van der Waals surface area contributed by atoms with E-state index in [0.717, 1.165) is 39.0 Å². The first-order valence-electron chi connectivity index (χ1n) is 8.91. The van der Waals surface area contributed by atoms with Crippen LogP contribution >= 0.6 is 11.6 Å². The van der Waals surface area contributed by atoms with Crippen LogP contribution in [-0.2, 0) is 12.8 Å². The third-order valence-corrected chi connectivity index (χ3v) is 5.60. The van der Waals surface area contributed by atoms with Crippen molar-refractivity contribution >= 4 is 17.5 Å². The predicted octanol–water partition coefficient (Wildman–Crippen LogP) is 3.05. The minimum absolute atomic E-state index is 0.0311. The lowest BCUT2D eigenvalue weighted by atomic mass is 9.87. The van der Waals surface area contributed by atoms with Gasteiger partial charge in [0, 0.05) is 44.6 Å². The van der Waals surface area contributed by atoms with Crippen LogP contribution in [0.25, 0.3) is 0 Å². The molecular weight excluding hydrogens is 334 g/mol. The Hall–Kier alpha value is -1.91. The van der Waals surface area contributed by atoms with Crippen molar-refractivity contribution in [1.29, 1.82) is 0 Å². The SMILES string of the molecule is O=C(c1cncc(Cl)c1)N1CCN(C2CCc3ccccc3C2)CC1. The zero-order valence-electron chi connectivity index (χ0n) is 14.2. The third kappa shape index (κ3) is 3.55. The number of hydrogen-bond donors (Lipinski definition) is 0. The van der Waals surface area contributed by atoms with E-state index < -0.39 is 0 Å². The minimum Gasteiger partial charge on any atom is -0.336 e. The van der Waals surface area contributed by atoms with Crippen LogP contribution in [0.1, 0.15) is 27.9 Å². The van der Waals surface area contributed by atoms with E-state index in [2.05, 4.69) is 34.1 Å². The Morgan fingerprint density at radius 1 is 1.08 bits per heavy atom. The summed E-state index contributed by atoms with van der Waals surface area (Å²) in [6.07, 6.45) is 6.65. The molecule has 2 heterocycles. The van der Waals surface area contributed by atoms with Crippen molar-refractivity contribution in [3.8, 4) is 0 Å². The van der Waals surface area contributed by atoms with Gasteiger partial charge in [0.15, 0.2) is 0 Å². The molecule has 1 saturated heterocycles. The number of aryl methyl sites for hydroxylation is 1. The number of aromatic nitrogens is 1. The van der Waals surface area contributed by atoms with E-state index in [9.17, 15) is 4.79 Å². The fourth-order valence-corrected chi connectivity index (χ4v) is 4.17. The maximum atomic E-state index is 12.6. The molecule has 4 rings (SSSR count). The highest BCUT2D eigenvalue weighted by atomic mass is 35.5. The number of piperazine rings is 1. The number of hydrogen-bond acceptors (Lipinski definition) is 3. The van der Waals surface area contributed by atoms with E-state index >= 15 is 0 Å². The van der Waals surface area contributed by atoms with Gasteiger partial charge in [-0.1, -0.05) is 35.9 Å². The highest BCUT2D eigenvalue weighted by molar-refractivity contribution is 6.30. The normalized spacial score (nSPS) is 21.0. The number of rotatable bonds is 2. The van der Waals surface area contributed by atoms with Crippen molar-refractivity contribution in [3.05, 3.63) is 64.4 Å². The molecule has 1 aromatic heterocycles. The van der Waals surface area contributed by atoms with Gasteiger partial charge in [0.25, 0.3) is 5.91 Å². The largest absolute Gasteiger partial charge is 0.336 e. The number of halogens is 1. The zero-order valence-corrected chi connectivity index (χ0v) is 15.0. The summed E-state index contributed by atoms with van der Waals surface area (Å²) >= 11 is 5.95. The van der Waals surface area contributed by atoms with Gasteiger partial charge in [0.1, 0.15) is 0 Å². The van der Waals surface area contributed by atoms with E-state index in [4.69, 9.17) is 11.6 Å². The molecule has 0 radical (unpaired) electrons. The smallest absolute Gasteiger partial charge is 0.255 e. The predicted molar refractivity (Wildman–Crippen MR) is 99.0 cm³/mol. The van der Waals surface area contributed by atoms with Crippen molar-refractivity contribution in [3.63, 3.8) is 0 Å². The Bertz CT molecular complexity index is 771. The van der Waals surface area contributed by atoms with Crippen LogP contribution in [0.5, 0.6) is 0 Å². The zero-order chi connectivity index (χ0) is 17.2. The van der Waals surface area contributed by atoms with Gasteiger partial charge < -0.3 is 4.90 Å². The van der Waals surface area contributed by atoms with Crippen LogP contribution in [0, 0.1) is 0 Å². The van der Waals surface area contributed by atoms with Crippen molar-refractivity contribution in [2.45, 2.75) is 25.3 Å². The number of carbonyl (C=O) groups excluding carboxylic acids is 1. The van der Waals surface area contributed by atoms with Gasteiger partial charge in [-0.25, -0.2) is 0 Å². The molecule has 0 spiro atoms. The Morgan fingerprint density at radius 3 is 2.60 bits per heavy atom. The summed E-state index contributed by atoms with van der Waals surface area (Å²) in [5.41, 5.74) is 3.57. The summed E-state index contributed by atoms with van der Waals surface area (Å²) < 4.78 is 0. The van der Waals surface area contributed by atoms with Gasteiger partial charge in [-0.05, 0) is 36.5 Å². The van der Waals surface area contributed by atoms with E-state index in [1.807, 2.05) is 4.90 Å². The van der Waals surface area contributed by atoms with Gasteiger partial charge in [-0.2, -0.15) is 0 Å². The molecule has 1 unspecified atom stereocenters. The lowest BCUT2D eigenvalue weighted by molar-refractivity contribution is 0.0552. The first-order valence-corrected chi connectivity index (χ1v) is 9.29. The first-order chi connectivity index (χ1) is 12.2. The molecule has 0 N–H and O–H groups in total. The number of amides is 1. The van der Waals surface area contributed by atoms with Crippen LogP contribution in [-0.4, -0.2) is 52.9 Å². The molecule has 0 saturated carbocycles. The molecule has 25 heavy (non-hydrogen) atoms. The minimum atomic E-state index is 0.0311. The molecule has 1 aromatic carbocycles. The van der Waals surface area contributed by atoms with Crippen LogP contribution in [0.3, 0.4) is 0 Å². The fourth-order valence-electron chi connectivity index (χ4n) is 3.99. The van der Waals surface area contributed by atoms with Crippen molar-refractivity contribution in [2.24, 2.45) is 0 Å². The lowest BCUT2D eigenvalue weighted by Crippen LogP contribution is -2.53. The lowest BCUT2D eigenvalue weighted by Gasteiger charge is -2.41. The van der Waals surface area contributed by atoms with Crippen LogP contribution < -0.4 is 0 Å². The number of carbonyl (C=O) groups is 1. The summed E-state index contributed by atoms with van der Waals surface area (Å²) in [5, 5.41) is 0.505. The average Bonchev–Trinajstić information content (AvgIpc) is 2.67. The van der Waals surface area contributed by atoms with Crippen molar-refractivity contribution in [1.82, 2.24) is 14.8 Å². The molecular formula is C20H22ClN3O. The topological polar surface area (TPSA) is 36.4 Å². The summed E-state index contributed by atoms with van der Waals surface area (Å²) in [6.45, 7) is 3.41. The summed E-state index contributed by atoms with van der Waals surface area (Å²) in [6, 6.07) is 11.1. The second kappa shape index (κ2) is 7.14. The van der Waals surface area contributed by atoms with Crippen molar-refractivity contribution in [2.75, 3.05) is 26.2 Å². The molecule has 2 aromatic rings. The summed E-state index contributed by atoms with van der Waals surface area (Å²) in [4.78, 5) is 21.1. The Labute approximate surface area is 153 Å². The third-order valence-electron chi connectivity index (χ3n) is 5.39. The molecule has 1 fully saturated rings. The second-order valence-corrected chi connectivity index (χ2v) is 7.32. The van der Waals surface area contributed by atoms with Gasteiger partial charge >= 0.3 is 0 Å². The molecule has 2 aliphatic rings. The Balaban J connectivity index is 1.37. The fraction of sp³-hybridized carbons (Fsp3) is 0.400. The summed E-state index contributed by atoms with van der Waals surface area (Å²) in [7, 11) is 0. The Kier molecular flexibility index (Phi) is 4.73. The van der Waals surface area contributed by atoms with Crippen LogP contribution in [0.15, 0.2) is 42.7 Å². The maximum absolute atomic E-state index is 12.6. The first kappa shape index (κ1) is 16.6. The number of fused-ring (bicyclic) bond motifs is 1. The number of benzene rings is 1. The number of pyridine rings is 1. The van der Waals surface area contributed by atoms with Crippen LogP contribution in [0.2, 0.25) is 5.02 Å². The molecule has 130 valence electrons. The van der Waals surface area contributed by atoms with Gasteiger partial charge in [0.05, 0.1) is 10.6 Å². The molecule has 1 atom stereocenters. The highest BCUT2D eigenvalue weighted by Gasteiger charge is 2.29. The maximum Gasteiger partial charge on any atom is 0.255 e. The van der Waals surface area contributed by atoms with Gasteiger partial charge in [-0.3, -0.25) is 14.7 Å². The van der Waals surface area contributed by atoms with Crippen molar-refractivity contribution < 1.29 is 4.79 Å². The van der Waals surface area contributed by atoms with Gasteiger partial charge in [-0.15, -0.1) is 0 Å². The summed E-state index contributed by atoms with van der Waals surface area (Å²) in [5.74, 6) is 0.0311. The molecule has 1 aliphatic heterocycles. The van der Waals surface area contributed by atoms with E-state index in [1.54, 1.807) is 18.5 Å². The number of nitrogens with zero attached hydrogens (tertiary/aromatic N) is 3. The molecule has 0 bridgehead atoms. The molecule has 1 aliphatic carbocycles. The molecule has 1 amide bonds. The second-order valence-electron chi connectivity index (χ2n) is 6.89. The highest BCUT2D eigenvalue weighted by Crippen LogP contribution is 2.25. The molecule has 5 heteroatoms. The standard InChI is InChI=1S/C20H22ClN3O/c21-18-11-17(13-22-14-18)20(25)24-9-7-23(8-10-24)19-6-5-15-3-1-2-4-16(15)12-19/h1-4,11,13-14,19H,5-10,12H2.